The van der Waals surface area contributed by atoms with Gasteiger partial charge in [-0.3, -0.25) is 14.5 Å². The molecule has 1 aliphatic heterocycles. The minimum absolute atomic E-state index is 0.107. The van der Waals surface area contributed by atoms with Crippen molar-refractivity contribution in [1.82, 2.24) is 9.88 Å². The Morgan fingerprint density at radius 3 is 2.83 bits per heavy atom. The SMILES string of the molecule is CCOC(=O)Cc1ccn(-c2ccc(N3CC(CNC(C)=O)OC3=O)cc2F)c1. The van der Waals surface area contributed by atoms with E-state index in [2.05, 4.69) is 5.32 Å². The highest BCUT2D eigenvalue weighted by Crippen LogP contribution is 2.26. The molecular formula is C20H22FN3O5. The largest absolute Gasteiger partial charge is 0.466 e. The molecule has 2 aromatic rings. The maximum atomic E-state index is 14.7. The number of esters is 1. The molecule has 2 heterocycles. The molecule has 0 radical (unpaired) electrons. The van der Waals surface area contributed by atoms with Gasteiger partial charge < -0.3 is 19.4 Å². The van der Waals surface area contributed by atoms with Crippen LogP contribution in [0.2, 0.25) is 0 Å². The molecule has 0 bridgehead atoms. The zero-order valence-electron chi connectivity index (χ0n) is 16.2. The molecular weight excluding hydrogens is 381 g/mol. The summed E-state index contributed by atoms with van der Waals surface area (Å²) in [6.45, 7) is 3.83. The van der Waals surface area contributed by atoms with Gasteiger partial charge in [0.2, 0.25) is 5.91 Å². The molecule has 1 N–H and O–H groups in total. The molecule has 1 fully saturated rings. The second kappa shape index (κ2) is 8.76. The third-order valence-electron chi connectivity index (χ3n) is 4.38. The summed E-state index contributed by atoms with van der Waals surface area (Å²) in [4.78, 5) is 36.0. The van der Waals surface area contributed by atoms with Crippen molar-refractivity contribution in [2.45, 2.75) is 26.4 Å². The summed E-state index contributed by atoms with van der Waals surface area (Å²) in [6.07, 6.45) is 2.33. The summed E-state index contributed by atoms with van der Waals surface area (Å²) < 4.78 is 26.4. The molecule has 154 valence electrons. The Morgan fingerprint density at radius 2 is 2.14 bits per heavy atom. The van der Waals surface area contributed by atoms with Crippen molar-refractivity contribution >= 4 is 23.7 Å². The van der Waals surface area contributed by atoms with Gasteiger partial charge in [0.05, 0.1) is 37.5 Å². The maximum Gasteiger partial charge on any atom is 0.414 e. The van der Waals surface area contributed by atoms with E-state index >= 15 is 0 Å². The van der Waals surface area contributed by atoms with Crippen LogP contribution in [-0.2, 0) is 25.5 Å². The fourth-order valence-electron chi connectivity index (χ4n) is 3.04. The van der Waals surface area contributed by atoms with E-state index in [0.29, 0.717) is 17.9 Å². The summed E-state index contributed by atoms with van der Waals surface area (Å²) in [5.74, 6) is -1.09. The Morgan fingerprint density at radius 1 is 1.34 bits per heavy atom. The van der Waals surface area contributed by atoms with Crippen LogP contribution < -0.4 is 10.2 Å². The molecule has 1 atom stereocenters. The average Bonchev–Trinajstić information content (AvgIpc) is 3.26. The molecule has 9 heteroatoms. The lowest BCUT2D eigenvalue weighted by Crippen LogP contribution is -2.33. The van der Waals surface area contributed by atoms with Crippen LogP contribution in [0.4, 0.5) is 14.9 Å². The molecule has 0 saturated carbocycles. The number of benzene rings is 1. The first-order chi connectivity index (χ1) is 13.9. The number of halogens is 1. The van der Waals surface area contributed by atoms with E-state index in [1.54, 1.807) is 42.1 Å². The predicted octanol–water partition coefficient (Wildman–Crippen LogP) is 2.18. The van der Waals surface area contributed by atoms with Gasteiger partial charge in [-0.1, -0.05) is 0 Å². The van der Waals surface area contributed by atoms with E-state index in [0.717, 1.165) is 0 Å². The quantitative estimate of drug-likeness (QED) is 0.716. The highest BCUT2D eigenvalue weighted by molar-refractivity contribution is 5.90. The van der Waals surface area contributed by atoms with Crippen molar-refractivity contribution in [1.29, 1.82) is 0 Å². The second-order valence-corrected chi connectivity index (χ2v) is 6.60. The number of carbonyl (C=O) groups is 3. The normalized spacial score (nSPS) is 15.9. The van der Waals surface area contributed by atoms with E-state index < -0.39 is 18.0 Å². The highest BCUT2D eigenvalue weighted by atomic mass is 19.1. The molecule has 0 spiro atoms. The van der Waals surface area contributed by atoms with Gasteiger partial charge in [0.15, 0.2) is 0 Å². The Bertz CT molecular complexity index is 927. The van der Waals surface area contributed by atoms with Gasteiger partial charge in [-0.25, -0.2) is 9.18 Å². The van der Waals surface area contributed by atoms with Gasteiger partial charge in [-0.2, -0.15) is 0 Å². The topological polar surface area (TPSA) is 89.9 Å². The van der Waals surface area contributed by atoms with Crippen molar-refractivity contribution in [3.63, 3.8) is 0 Å². The van der Waals surface area contributed by atoms with Crippen molar-refractivity contribution in [3.05, 3.63) is 48.0 Å². The fraction of sp³-hybridized carbons (Fsp3) is 0.350. The summed E-state index contributed by atoms with van der Waals surface area (Å²) in [6, 6.07) is 6.13. The lowest BCUT2D eigenvalue weighted by atomic mass is 10.2. The van der Waals surface area contributed by atoms with E-state index in [1.165, 1.54) is 17.9 Å². The zero-order valence-corrected chi connectivity index (χ0v) is 16.2. The molecule has 0 aliphatic carbocycles. The summed E-state index contributed by atoms with van der Waals surface area (Å²) in [7, 11) is 0. The Balaban J connectivity index is 1.71. The minimum atomic E-state index is -0.592. The Kier molecular flexibility index (Phi) is 6.16. The third kappa shape index (κ3) is 4.92. The van der Waals surface area contributed by atoms with Crippen LogP contribution in [-0.4, -0.2) is 48.3 Å². The van der Waals surface area contributed by atoms with E-state index in [4.69, 9.17) is 9.47 Å². The van der Waals surface area contributed by atoms with Crippen molar-refractivity contribution in [2.75, 3.05) is 24.6 Å². The number of cyclic esters (lactones) is 1. The van der Waals surface area contributed by atoms with Gasteiger partial charge >= 0.3 is 12.1 Å². The standard InChI is InChI=1S/C20H22FN3O5/c1-3-28-19(26)8-14-6-7-23(11-14)18-5-4-15(9-17(18)21)24-12-16(29-20(24)27)10-22-13(2)25/h4-7,9,11,16H,3,8,10,12H2,1-2H3,(H,22,25). The molecule has 1 aromatic heterocycles. The van der Waals surface area contributed by atoms with Crippen molar-refractivity contribution in [2.24, 2.45) is 0 Å². The first-order valence-electron chi connectivity index (χ1n) is 9.22. The summed E-state index contributed by atoms with van der Waals surface area (Å²) in [5, 5.41) is 2.59. The number of carbonyl (C=O) groups excluding carboxylic acids is 3. The molecule has 29 heavy (non-hydrogen) atoms. The monoisotopic (exact) mass is 403 g/mol. The van der Waals surface area contributed by atoms with Crippen LogP contribution in [0.1, 0.15) is 19.4 Å². The van der Waals surface area contributed by atoms with Crippen molar-refractivity contribution in [3.8, 4) is 5.69 Å². The molecule has 1 aliphatic rings. The summed E-state index contributed by atoms with van der Waals surface area (Å²) >= 11 is 0. The smallest absolute Gasteiger partial charge is 0.414 e. The zero-order chi connectivity index (χ0) is 21.0. The number of aromatic nitrogens is 1. The molecule has 3 rings (SSSR count). The van der Waals surface area contributed by atoms with Gasteiger partial charge in [0.25, 0.3) is 0 Å². The lowest BCUT2D eigenvalue weighted by molar-refractivity contribution is -0.142. The van der Waals surface area contributed by atoms with Crippen LogP contribution in [0.5, 0.6) is 0 Å². The number of hydrogen-bond donors (Lipinski definition) is 1. The molecule has 1 saturated heterocycles. The number of ether oxygens (including phenoxy) is 2. The van der Waals surface area contributed by atoms with Gasteiger partial charge in [0, 0.05) is 19.3 Å². The van der Waals surface area contributed by atoms with Crippen molar-refractivity contribution < 1.29 is 28.2 Å². The number of hydrogen-bond acceptors (Lipinski definition) is 5. The number of rotatable bonds is 7. The van der Waals surface area contributed by atoms with E-state index in [-0.39, 0.29) is 37.1 Å². The van der Waals surface area contributed by atoms with Crippen LogP contribution >= 0.6 is 0 Å². The fourth-order valence-corrected chi connectivity index (χ4v) is 3.04. The first-order valence-corrected chi connectivity index (χ1v) is 9.22. The maximum absolute atomic E-state index is 14.7. The predicted molar refractivity (Wildman–Crippen MR) is 102 cm³/mol. The summed E-state index contributed by atoms with van der Waals surface area (Å²) in [5.41, 5.74) is 1.35. The molecule has 8 nitrogen and oxygen atoms in total. The number of amides is 2. The molecule has 1 aromatic carbocycles. The van der Waals surface area contributed by atoms with E-state index in [9.17, 15) is 18.8 Å². The van der Waals surface area contributed by atoms with Gasteiger partial charge in [-0.15, -0.1) is 0 Å². The van der Waals surface area contributed by atoms with Crippen LogP contribution in [0.3, 0.4) is 0 Å². The minimum Gasteiger partial charge on any atom is -0.466 e. The second-order valence-electron chi connectivity index (χ2n) is 6.60. The number of anilines is 1. The Labute approximate surface area is 167 Å². The van der Waals surface area contributed by atoms with Crippen LogP contribution in [0.25, 0.3) is 5.69 Å². The highest BCUT2D eigenvalue weighted by Gasteiger charge is 2.32. The third-order valence-corrected chi connectivity index (χ3v) is 4.38. The van der Waals surface area contributed by atoms with Crippen LogP contribution in [0, 0.1) is 5.82 Å². The first kappa shape index (κ1) is 20.4. The van der Waals surface area contributed by atoms with Crippen LogP contribution in [0.15, 0.2) is 36.7 Å². The van der Waals surface area contributed by atoms with Gasteiger partial charge in [0.1, 0.15) is 11.9 Å². The Hall–Kier alpha value is -3.36. The molecule has 2 amide bonds. The van der Waals surface area contributed by atoms with E-state index in [1.807, 2.05) is 0 Å². The lowest BCUT2D eigenvalue weighted by Gasteiger charge is -2.15. The van der Waals surface area contributed by atoms with Gasteiger partial charge in [-0.05, 0) is 36.8 Å². The average molecular weight is 403 g/mol. The number of nitrogens with zero attached hydrogens (tertiary/aromatic N) is 2. The number of nitrogens with one attached hydrogen (secondary N) is 1. The molecule has 1 unspecified atom stereocenters.